The first-order valence-electron chi connectivity index (χ1n) is 6.74. The molecule has 1 aromatic heterocycles. The van der Waals surface area contributed by atoms with Crippen molar-refractivity contribution in [3.63, 3.8) is 0 Å². The minimum atomic E-state index is -0.479. The summed E-state index contributed by atoms with van der Waals surface area (Å²) in [5.41, 5.74) is 8.52. The number of carbonyl (C=O) groups excluding carboxylic acids is 1. The first kappa shape index (κ1) is 15.1. The van der Waals surface area contributed by atoms with Crippen LogP contribution in [-0.2, 0) is 24.9 Å². The van der Waals surface area contributed by atoms with E-state index in [4.69, 9.17) is 10.5 Å². The Bertz CT molecular complexity index is 605. The van der Waals surface area contributed by atoms with Gasteiger partial charge in [-0.25, -0.2) is 0 Å². The fraction of sp³-hybridized carbons (Fsp3) is 0.333. The molecule has 112 valence electrons. The summed E-state index contributed by atoms with van der Waals surface area (Å²) in [5, 5.41) is 7.58. The maximum atomic E-state index is 10.6. The number of amides is 1. The molecular weight excluding hydrogens is 268 g/mol. The Morgan fingerprint density at radius 1 is 1.33 bits per heavy atom. The predicted molar refractivity (Wildman–Crippen MR) is 79.6 cm³/mol. The van der Waals surface area contributed by atoms with Crippen molar-refractivity contribution in [3.05, 3.63) is 47.3 Å². The lowest BCUT2D eigenvalue weighted by molar-refractivity contribution is -0.119. The fourth-order valence-electron chi connectivity index (χ4n) is 1.92. The van der Waals surface area contributed by atoms with Crippen LogP contribution in [0.4, 0.5) is 0 Å². The van der Waals surface area contributed by atoms with Crippen LogP contribution in [0, 0.1) is 6.92 Å². The normalized spacial score (nSPS) is 10.6. The molecule has 1 amide bonds. The topological polar surface area (TPSA) is 82.2 Å². The zero-order valence-electron chi connectivity index (χ0n) is 12.3. The van der Waals surface area contributed by atoms with E-state index in [9.17, 15) is 4.79 Å². The van der Waals surface area contributed by atoms with Gasteiger partial charge in [-0.3, -0.25) is 9.48 Å². The van der Waals surface area contributed by atoms with Gasteiger partial charge in [0.25, 0.3) is 5.91 Å². The van der Waals surface area contributed by atoms with Crippen LogP contribution in [0.1, 0.15) is 16.8 Å². The van der Waals surface area contributed by atoms with Crippen LogP contribution in [0.25, 0.3) is 0 Å². The number of nitrogens with zero attached hydrogens (tertiary/aromatic N) is 2. The number of hydrogen-bond donors (Lipinski definition) is 2. The molecule has 0 fully saturated rings. The lowest BCUT2D eigenvalue weighted by Gasteiger charge is -2.07. The van der Waals surface area contributed by atoms with Crippen LogP contribution in [0.3, 0.4) is 0 Å². The van der Waals surface area contributed by atoms with Gasteiger partial charge in [0.05, 0.1) is 6.20 Å². The van der Waals surface area contributed by atoms with Crippen LogP contribution in [0.15, 0.2) is 30.5 Å². The Hall–Kier alpha value is -2.34. The van der Waals surface area contributed by atoms with E-state index < -0.39 is 5.91 Å². The molecule has 2 rings (SSSR count). The molecule has 3 N–H and O–H groups in total. The molecule has 21 heavy (non-hydrogen) atoms. The number of benzene rings is 1. The SMILES string of the molecule is Cc1c(CNCc2ccc(OCC(N)=O)cc2)cnn1C. The van der Waals surface area contributed by atoms with E-state index in [1.165, 1.54) is 5.56 Å². The molecule has 6 nitrogen and oxygen atoms in total. The van der Waals surface area contributed by atoms with Crippen molar-refractivity contribution < 1.29 is 9.53 Å². The maximum Gasteiger partial charge on any atom is 0.255 e. The van der Waals surface area contributed by atoms with E-state index in [-0.39, 0.29) is 6.61 Å². The lowest BCUT2D eigenvalue weighted by atomic mass is 10.2. The summed E-state index contributed by atoms with van der Waals surface area (Å²) < 4.78 is 7.07. The highest BCUT2D eigenvalue weighted by Crippen LogP contribution is 2.12. The van der Waals surface area contributed by atoms with Gasteiger partial charge in [0.2, 0.25) is 0 Å². The summed E-state index contributed by atoms with van der Waals surface area (Å²) in [6.45, 7) is 3.48. The largest absolute Gasteiger partial charge is 0.484 e. The average molecular weight is 288 g/mol. The van der Waals surface area contributed by atoms with E-state index in [1.807, 2.05) is 42.2 Å². The van der Waals surface area contributed by atoms with E-state index in [0.717, 1.165) is 24.3 Å². The summed E-state index contributed by atoms with van der Waals surface area (Å²) in [6.07, 6.45) is 1.88. The van der Waals surface area contributed by atoms with Crippen LogP contribution >= 0.6 is 0 Å². The first-order valence-corrected chi connectivity index (χ1v) is 6.74. The van der Waals surface area contributed by atoms with Crippen molar-refractivity contribution in [2.45, 2.75) is 20.0 Å². The van der Waals surface area contributed by atoms with Crippen molar-refractivity contribution in [1.29, 1.82) is 0 Å². The van der Waals surface area contributed by atoms with Gasteiger partial charge in [0.15, 0.2) is 6.61 Å². The molecule has 0 saturated carbocycles. The van der Waals surface area contributed by atoms with E-state index in [0.29, 0.717) is 5.75 Å². The predicted octanol–water partition coefficient (Wildman–Crippen LogP) is 0.882. The van der Waals surface area contributed by atoms with Gasteiger partial charge in [-0.1, -0.05) is 12.1 Å². The standard InChI is InChI=1S/C15H20N4O2/c1-11-13(9-18-19(11)2)8-17-7-12-3-5-14(6-4-12)21-10-15(16)20/h3-6,9,17H,7-8,10H2,1-2H3,(H2,16,20). The molecule has 0 bridgehead atoms. The number of aryl methyl sites for hydroxylation is 1. The van der Waals surface area contributed by atoms with Crippen molar-refractivity contribution in [3.8, 4) is 5.75 Å². The summed E-state index contributed by atoms with van der Waals surface area (Å²) in [6, 6.07) is 7.57. The Kier molecular flexibility index (Phi) is 4.94. The monoisotopic (exact) mass is 288 g/mol. The number of carbonyl (C=O) groups is 1. The molecule has 0 aliphatic heterocycles. The van der Waals surface area contributed by atoms with Crippen LogP contribution in [0.2, 0.25) is 0 Å². The highest BCUT2D eigenvalue weighted by Gasteiger charge is 2.03. The van der Waals surface area contributed by atoms with Crippen molar-refractivity contribution >= 4 is 5.91 Å². The van der Waals surface area contributed by atoms with Gasteiger partial charge in [-0.2, -0.15) is 5.10 Å². The zero-order valence-corrected chi connectivity index (χ0v) is 12.3. The second-order valence-electron chi connectivity index (χ2n) is 4.88. The minimum absolute atomic E-state index is 0.0993. The third-order valence-electron chi connectivity index (χ3n) is 3.29. The van der Waals surface area contributed by atoms with E-state index in [2.05, 4.69) is 17.3 Å². The number of nitrogens with one attached hydrogen (secondary N) is 1. The number of nitrogens with two attached hydrogens (primary N) is 1. The van der Waals surface area contributed by atoms with Gasteiger partial charge in [0.1, 0.15) is 5.75 Å². The quantitative estimate of drug-likeness (QED) is 0.792. The molecular formula is C15H20N4O2. The summed E-state index contributed by atoms with van der Waals surface area (Å²) in [4.78, 5) is 10.6. The third kappa shape index (κ3) is 4.32. The highest BCUT2D eigenvalue weighted by atomic mass is 16.5. The molecule has 0 aliphatic carbocycles. The van der Waals surface area contributed by atoms with Crippen molar-refractivity contribution in [1.82, 2.24) is 15.1 Å². The molecule has 2 aromatic rings. The molecule has 0 atom stereocenters. The molecule has 1 heterocycles. The van der Waals surface area contributed by atoms with E-state index in [1.54, 1.807) is 0 Å². The molecule has 0 aliphatic rings. The smallest absolute Gasteiger partial charge is 0.255 e. The summed E-state index contributed by atoms with van der Waals surface area (Å²) >= 11 is 0. The number of aromatic nitrogens is 2. The Balaban J connectivity index is 1.81. The molecule has 1 aromatic carbocycles. The van der Waals surface area contributed by atoms with Gasteiger partial charge < -0.3 is 15.8 Å². The van der Waals surface area contributed by atoms with Gasteiger partial charge >= 0.3 is 0 Å². The highest BCUT2D eigenvalue weighted by molar-refractivity contribution is 5.75. The second kappa shape index (κ2) is 6.90. The fourth-order valence-corrected chi connectivity index (χ4v) is 1.92. The first-order chi connectivity index (χ1) is 10.1. The van der Waals surface area contributed by atoms with Crippen molar-refractivity contribution in [2.24, 2.45) is 12.8 Å². The van der Waals surface area contributed by atoms with Gasteiger partial charge in [0, 0.05) is 31.4 Å². The number of rotatable bonds is 7. The average Bonchev–Trinajstić information content (AvgIpc) is 2.78. The second-order valence-corrected chi connectivity index (χ2v) is 4.88. The number of hydrogen-bond acceptors (Lipinski definition) is 4. The molecule has 0 unspecified atom stereocenters. The third-order valence-corrected chi connectivity index (χ3v) is 3.29. The minimum Gasteiger partial charge on any atom is -0.484 e. The molecule has 6 heteroatoms. The van der Waals surface area contributed by atoms with Crippen LogP contribution in [-0.4, -0.2) is 22.3 Å². The maximum absolute atomic E-state index is 10.6. The number of primary amides is 1. The van der Waals surface area contributed by atoms with Crippen molar-refractivity contribution in [2.75, 3.05) is 6.61 Å². The van der Waals surface area contributed by atoms with Crippen LogP contribution < -0.4 is 15.8 Å². The Labute approximate surface area is 123 Å². The van der Waals surface area contributed by atoms with Gasteiger partial charge in [-0.15, -0.1) is 0 Å². The molecule has 0 spiro atoms. The molecule has 0 saturated heterocycles. The Morgan fingerprint density at radius 3 is 2.62 bits per heavy atom. The molecule has 0 radical (unpaired) electrons. The number of ether oxygens (including phenoxy) is 1. The van der Waals surface area contributed by atoms with Gasteiger partial charge in [-0.05, 0) is 24.6 Å². The zero-order chi connectivity index (χ0) is 15.2. The summed E-state index contributed by atoms with van der Waals surface area (Å²) in [5.74, 6) is 0.160. The summed E-state index contributed by atoms with van der Waals surface area (Å²) in [7, 11) is 1.93. The lowest BCUT2D eigenvalue weighted by Crippen LogP contribution is -2.20. The van der Waals surface area contributed by atoms with Crippen LogP contribution in [0.5, 0.6) is 5.75 Å². The Morgan fingerprint density at radius 2 is 2.05 bits per heavy atom. The van der Waals surface area contributed by atoms with E-state index >= 15 is 0 Å².